The maximum atomic E-state index is 12.4. The Morgan fingerprint density at radius 2 is 1.65 bits per heavy atom. The van der Waals surface area contributed by atoms with Crippen LogP contribution in [-0.4, -0.2) is 23.4 Å². The average Bonchev–Trinajstić information content (AvgIpc) is 3.17. The molecule has 2 aromatic carbocycles. The fourth-order valence-corrected chi connectivity index (χ4v) is 3.88. The molecular weight excluding hydrogens is 410 g/mol. The summed E-state index contributed by atoms with van der Waals surface area (Å²) in [5, 5.41) is 8.45. The van der Waals surface area contributed by atoms with Crippen molar-refractivity contribution < 1.29 is 14.3 Å². The van der Waals surface area contributed by atoms with E-state index in [4.69, 9.17) is 4.74 Å². The highest BCUT2D eigenvalue weighted by molar-refractivity contribution is 7.13. The van der Waals surface area contributed by atoms with E-state index < -0.39 is 0 Å². The van der Waals surface area contributed by atoms with Crippen molar-refractivity contribution in [1.82, 2.24) is 4.98 Å². The predicted octanol–water partition coefficient (Wildman–Crippen LogP) is 5.37. The van der Waals surface area contributed by atoms with Crippen LogP contribution in [0.4, 0.5) is 11.4 Å². The summed E-state index contributed by atoms with van der Waals surface area (Å²) in [7, 11) is 0. The molecule has 0 saturated heterocycles. The average molecular weight is 438 g/mol. The first-order chi connectivity index (χ1) is 14.9. The van der Waals surface area contributed by atoms with Crippen molar-refractivity contribution >= 4 is 34.5 Å². The zero-order valence-electron chi connectivity index (χ0n) is 18.0. The number of rotatable bonds is 9. The molecule has 0 aliphatic heterocycles. The van der Waals surface area contributed by atoms with Crippen LogP contribution in [0.3, 0.4) is 0 Å². The fourth-order valence-electron chi connectivity index (χ4n) is 3.03. The van der Waals surface area contributed by atoms with Crippen LogP contribution >= 0.6 is 11.3 Å². The van der Waals surface area contributed by atoms with Crippen molar-refractivity contribution in [2.75, 3.05) is 17.2 Å². The number of ether oxygens (including phenoxy) is 1. The number of anilines is 2. The number of carbonyl (C=O) groups excluding carboxylic acids is 2. The van der Waals surface area contributed by atoms with Crippen molar-refractivity contribution in [3.05, 3.63) is 59.6 Å². The molecule has 3 rings (SSSR count). The Labute approximate surface area is 186 Å². The maximum Gasteiger partial charge on any atom is 0.230 e. The Bertz CT molecular complexity index is 1030. The molecule has 0 aliphatic carbocycles. The second kappa shape index (κ2) is 10.7. The maximum absolute atomic E-state index is 12.4. The second-order valence-corrected chi connectivity index (χ2v) is 8.38. The molecule has 6 nitrogen and oxygen atoms in total. The number of benzene rings is 2. The van der Waals surface area contributed by atoms with Crippen LogP contribution in [0.5, 0.6) is 5.75 Å². The summed E-state index contributed by atoms with van der Waals surface area (Å²) >= 11 is 1.49. The highest BCUT2D eigenvalue weighted by Gasteiger charge is 2.13. The quantitative estimate of drug-likeness (QED) is 0.471. The molecule has 0 atom stereocenters. The van der Waals surface area contributed by atoms with Crippen LogP contribution in [0.15, 0.2) is 53.9 Å². The van der Waals surface area contributed by atoms with Crippen LogP contribution in [0.1, 0.15) is 32.9 Å². The number of nitrogens with zero attached hydrogens (tertiary/aromatic N) is 1. The van der Waals surface area contributed by atoms with Crippen LogP contribution in [0, 0.1) is 5.92 Å². The highest BCUT2D eigenvalue weighted by Crippen LogP contribution is 2.32. The fraction of sp³-hybridized carbons (Fsp3) is 0.292. The normalized spacial score (nSPS) is 10.7. The van der Waals surface area contributed by atoms with Gasteiger partial charge in [-0.1, -0.05) is 26.0 Å². The molecular formula is C24H27N3O3S. The van der Waals surface area contributed by atoms with E-state index in [0.717, 1.165) is 16.3 Å². The third kappa shape index (κ3) is 6.65. The number of nitrogens with one attached hydrogen (secondary N) is 2. The number of carbonyl (C=O) groups is 2. The van der Waals surface area contributed by atoms with Gasteiger partial charge in [-0.15, -0.1) is 11.3 Å². The summed E-state index contributed by atoms with van der Waals surface area (Å²) in [6, 6.07) is 14.9. The Kier molecular flexibility index (Phi) is 7.78. The van der Waals surface area contributed by atoms with E-state index in [2.05, 4.69) is 15.6 Å². The van der Waals surface area contributed by atoms with Gasteiger partial charge in [0.15, 0.2) is 0 Å². The van der Waals surface area contributed by atoms with Gasteiger partial charge in [0, 0.05) is 23.2 Å². The van der Waals surface area contributed by atoms with Crippen LogP contribution < -0.4 is 15.4 Å². The lowest BCUT2D eigenvalue weighted by atomic mass is 10.1. The zero-order valence-corrected chi connectivity index (χ0v) is 18.8. The number of amides is 2. The van der Waals surface area contributed by atoms with Gasteiger partial charge in [-0.2, -0.15) is 0 Å². The van der Waals surface area contributed by atoms with Gasteiger partial charge in [0.25, 0.3) is 0 Å². The minimum Gasteiger partial charge on any atom is -0.493 e. The number of hydrogen-bond donors (Lipinski definition) is 2. The monoisotopic (exact) mass is 437 g/mol. The van der Waals surface area contributed by atoms with E-state index in [0.29, 0.717) is 36.0 Å². The molecule has 7 heteroatoms. The topological polar surface area (TPSA) is 80.3 Å². The minimum atomic E-state index is -0.147. The van der Waals surface area contributed by atoms with Gasteiger partial charge >= 0.3 is 0 Å². The number of para-hydroxylation sites is 1. The summed E-state index contributed by atoms with van der Waals surface area (Å²) in [6.07, 6.45) is 0.656. The molecule has 0 spiro atoms. The van der Waals surface area contributed by atoms with Crippen LogP contribution in [0.2, 0.25) is 0 Å². The Balaban J connectivity index is 1.58. The van der Waals surface area contributed by atoms with Crippen LogP contribution in [0.25, 0.3) is 10.6 Å². The molecule has 1 heterocycles. The SMILES string of the molecule is CCOc1ccccc1-c1nc(CC(=O)Nc2ccc(NC(=O)CC(C)C)cc2)cs1. The van der Waals surface area contributed by atoms with Crippen molar-refractivity contribution in [2.24, 2.45) is 5.92 Å². The van der Waals surface area contributed by atoms with Gasteiger partial charge in [-0.3, -0.25) is 9.59 Å². The van der Waals surface area contributed by atoms with Gasteiger partial charge in [0.2, 0.25) is 11.8 Å². The first-order valence-corrected chi connectivity index (χ1v) is 11.2. The van der Waals surface area contributed by atoms with E-state index in [1.807, 2.05) is 50.4 Å². The molecule has 3 aromatic rings. The largest absolute Gasteiger partial charge is 0.493 e. The molecule has 162 valence electrons. The summed E-state index contributed by atoms with van der Waals surface area (Å²) in [6.45, 7) is 6.53. The predicted molar refractivity (Wildman–Crippen MR) is 126 cm³/mol. The van der Waals surface area contributed by atoms with E-state index >= 15 is 0 Å². The lowest BCUT2D eigenvalue weighted by molar-refractivity contribution is -0.117. The van der Waals surface area contributed by atoms with E-state index in [1.54, 1.807) is 24.3 Å². The van der Waals surface area contributed by atoms with E-state index in [9.17, 15) is 9.59 Å². The molecule has 0 saturated carbocycles. The van der Waals surface area contributed by atoms with Crippen LogP contribution in [-0.2, 0) is 16.0 Å². The van der Waals surface area contributed by atoms with Crippen molar-refractivity contribution in [3.63, 3.8) is 0 Å². The van der Waals surface area contributed by atoms with Crippen molar-refractivity contribution in [1.29, 1.82) is 0 Å². The van der Waals surface area contributed by atoms with Gasteiger partial charge in [0.05, 0.1) is 24.3 Å². The molecule has 0 unspecified atom stereocenters. The molecule has 0 aliphatic rings. The number of hydrogen-bond acceptors (Lipinski definition) is 5. The summed E-state index contributed by atoms with van der Waals surface area (Å²) < 4.78 is 5.67. The Morgan fingerprint density at radius 3 is 2.29 bits per heavy atom. The third-order valence-electron chi connectivity index (χ3n) is 4.36. The first kappa shape index (κ1) is 22.5. The molecule has 2 N–H and O–H groups in total. The zero-order chi connectivity index (χ0) is 22.2. The molecule has 2 amide bonds. The van der Waals surface area contributed by atoms with Gasteiger partial charge in [0.1, 0.15) is 10.8 Å². The summed E-state index contributed by atoms with van der Waals surface area (Å²) in [4.78, 5) is 28.9. The Morgan fingerprint density at radius 1 is 1.00 bits per heavy atom. The smallest absolute Gasteiger partial charge is 0.230 e. The van der Waals surface area contributed by atoms with Crippen molar-refractivity contribution in [2.45, 2.75) is 33.6 Å². The molecule has 1 aromatic heterocycles. The molecule has 0 bridgehead atoms. The standard InChI is InChI=1S/C24H27N3O3S/c1-4-30-21-8-6-5-7-20(21)24-27-19(15-31-24)14-23(29)26-18-11-9-17(10-12-18)25-22(28)13-16(2)3/h5-12,15-16H,4,13-14H2,1-3H3,(H,25,28)(H,26,29). The minimum absolute atomic E-state index is 0.0166. The third-order valence-corrected chi connectivity index (χ3v) is 5.28. The van der Waals surface area contributed by atoms with Gasteiger partial charge in [-0.05, 0) is 49.2 Å². The number of thiazole rings is 1. The van der Waals surface area contributed by atoms with Gasteiger partial charge in [-0.25, -0.2) is 4.98 Å². The first-order valence-electron chi connectivity index (χ1n) is 10.3. The summed E-state index contributed by atoms with van der Waals surface area (Å²) in [5.41, 5.74) is 3.02. The highest BCUT2D eigenvalue weighted by atomic mass is 32.1. The second-order valence-electron chi connectivity index (χ2n) is 7.52. The van der Waals surface area contributed by atoms with E-state index in [1.165, 1.54) is 11.3 Å². The lowest BCUT2D eigenvalue weighted by Gasteiger charge is -2.09. The lowest BCUT2D eigenvalue weighted by Crippen LogP contribution is -2.15. The number of aromatic nitrogens is 1. The van der Waals surface area contributed by atoms with E-state index in [-0.39, 0.29) is 18.2 Å². The molecule has 0 radical (unpaired) electrons. The summed E-state index contributed by atoms with van der Waals surface area (Å²) in [5.74, 6) is 0.928. The molecule has 31 heavy (non-hydrogen) atoms. The Hall–Kier alpha value is -3.19. The van der Waals surface area contributed by atoms with Crippen molar-refractivity contribution in [3.8, 4) is 16.3 Å². The molecule has 0 fully saturated rings. The van der Waals surface area contributed by atoms with Gasteiger partial charge < -0.3 is 15.4 Å².